The first-order valence-corrected chi connectivity index (χ1v) is 12.8. The number of carbonyl (C=O) groups is 2. The number of nitrogens with two attached hydrogens (primary N) is 1. The van der Waals surface area contributed by atoms with E-state index in [4.69, 9.17) is 5.73 Å². The van der Waals surface area contributed by atoms with Crippen molar-refractivity contribution in [2.45, 2.75) is 32.9 Å². The van der Waals surface area contributed by atoms with Crippen LogP contribution in [0.5, 0.6) is 0 Å². The highest BCUT2D eigenvalue weighted by atomic mass is 19.1. The minimum absolute atomic E-state index is 0.0353. The molecule has 7 nitrogen and oxygen atoms in total. The van der Waals surface area contributed by atoms with Gasteiger partial charge in [-0.1, -0.05) is 12.1 Å². The van der Waals surface area contributed by atoms with Crippen LogP contribution in [0.1, 0.15) is 38.8 Å². The number of amides is 2. The summed E-state index contributed by atoms with van der Waals surface area (Å²) < 4.78 is 44.1. The number of nitrogens with one attached hydrogen (secondary N) is 1. The fraction of sp³-hybridized carbons (Fsp3) is 0.161. The Balaban J connectivity index is 1.47. The van der Waals surface area contributed by atoms with E-state index < -0.39 is 35.3 Å². The summed E-state index contributed by atoms with van der Waals surface area (Å²) in [5.74, 6) is -3.71. The lowest BCUT2D eigenvalue weighted by atomic mass is 9.95. The van der Waals surface area contributed by atoms with Gasteiger partial charge in [0.15, 0.2) is 0 Å². The number of aromatic nitrogens is 3. The van der Waals surface area contributed by atoms with E-state index in [1.165, 1.54) is 23.0 Å². The molecule has 2 heterocycles. The number of hydrogen-bond acceptors (Lipinski definition) is 4. The minimum Gasteiger partial charge on any atom is -0.366 e. The van der Waals surface area contributed by atoms with Crippen LogP contribution in [0.15, 0.2) is 73.1 Å². The fourth-order valence-electron chi connectivity index (χ4n) is 4.78. The number of aryl methyl sites for hydroxylation is 2. The highest BCUT2D eigenvalue weighted by Crippen LogP contribution is 2.29. The first kappa shape index (κ1) is 27.6. The van der Waals surface area contributed by atoms with E-state index in [1.807, 2.05) is 26.0 Å². The Bertz CT molecular complexity index is 1740. The summed E-state index contributed by atoms with van der Waals surface area (Å²) in [7, 11) is 0. The largest absolute Gasteiger partial charge is 0.366 e. The highest BCUT2D eigenvalue weighted by Gasteiger charge is 2.21. The van der Waals surface area contributed by atoms with E-state index in [-0.39, 0.29) is 24.1 Å². The fourth-order valence-corrected chi connectivity index (χ4v) is 4.78. The van der Waals surface area contributed by atoms with Crippen molar-refractivity contribution in [1.82, 2.24) is 20.1 Å². The third-order valence-electron chi connectivity index (χ3n) is 6.93. The lowest BCUT2D eigenvalue weighted by Gasteiger charge is -2.21. The molecule has 1 atom stereocenters. The van der Waals surface area contributed by atoms with Crippen molar-refractivity contribution in [3.8, 4) is 11.1 Å². The molecule has 0 radical (unpaired) electrons. The predicted octanol–water partition coefficient (Wildman–Crippen LogP) is 5.33. The van der Waals surface area contributed by atoms with Gasteiger partial charge < -0.3 is 11.1 Å². The number of rotatable bonds is 8. The molecule has 3 N–H and O–H groups in total. The number of nitrogens with zero attached hydrogens (tertiary/aromatic N) is 3. The summed E-state index contributed by atoms with van der Waals surface area (Å²) in [5, 5.41) is 8.23. The normalized spacial score (nSPS) is 11.9. The Hall–Kier alpha value is -4.99. The SMILES string of the molecule is Cc1cc2cn(CC(=O)NC(Cc3ncccc3-c3ccc(F)c(C(N)=O)c3)c3cc(F)cc(F)c3)nc2cc1C. The van der Waals surface area contributed by atoms with Gasteiger partial charge in [0.1, 0.15) is 24.0 Å². The number of carbonyl (C=O) groups excluding carboxylic acids is 2. The summed E-state index contributed by atoms with van der Waals surface area (Å²) in [6.07, 6.45) is 3.33. The van der Waals surface area contributed by atoms with Gasteiger partial charge in [0.05, 0.1) is 22.8 Å². The molecule has 2 amide bonds. The van der Waals surface area contributed by atoms with Crippen LogP contribution in [-0.2, 0) is 17.8 Å². The molecule has 0 saturated carbocycles. The predicted molar refractivity (Wildman–Crippen MR) is 148 cm³/mol. The van der Waals surface area contributed by atoms with Crippen LogP contribution in [0.4, 0.5) is 13.2 Å². The lowest BCUT2D eigenvalue weighted by Crippen LogP contribution is -2.33. The van der Waals surface area contributed by atoms with Crippen LogP contribution in [0.2, 0.25) is 0 Å². The zero-order valence-corrected chi connectivity index (χ0v) is 22.3. The summed E-state index contributed by atoms with van der Waals surface area (Å²) in [6.45, 7) is 3.85. The monoisotopic (exact) mass is 557 g/mol. The summed E-state index contributed by atoms with van der Waals surface area (Å²) >= 11 is 0. The molecular formula is C31H26F3N5O2. The first-order chi connectivity index (χ1) is 19.6. The maximum Gasteiger partial charge on any atom is 0.251 e. The molecule has 0 aliphatic carbocycles. The number of benzene rings is 3. The Morgan fingerprint density at radius 3 is 2.44 bits per heavy atom. The molecule has 5 aromatic rings. The maximum atomic E-state index is 14.2. The van der Waals surface area contributed by atoms with Gasteiger partial charge in [0, 0.05) is 35.8 Å². The first-order valence-electron chi connectivity index (χ1n) is 12.8. The third-order valence-corrected chi connectivity index (χ3v) is 6.93. The van der Waals surface area contributed by atoms with E-state index in [9.17, 15) is 22.8 Å². The molecule has 0 aliphatic rings. The highest BCUT2D eigenvalue weighted by molar-refractivity contribution is 5.94. The zero-order chi connectivity index (χ0) is 29.3. The van der Waals surface area contributed by atoms with Gasteiger partial charge in [-0.15, -0.1) is 0 Å². The van der Waals surface area contributed by atoms with Crippen molar-refractivity contribution >= 4 is 22.7 Å². The van der Waals surface area contributed by atoms with E-state index in [0.717, 1.165) is 46.3 Å². The summed E-state index contributed by atoms with van der Waals surface area (Å²) in [5.41, 5.74) is 9.61. The summed E-state index contributed by atoms with van der Waals surface area (Å²) in [4.78, 5) is 29.4. The van der Waals surface area contributed by atoms with Gasteiger partial charge >= 0.3 is 0 Å². The van der Waals surface area contributed by atoms with Crippen LogP contribution in [0.3, 0.4) is 0 Å². The standard InChI is InChI=1S/C31H26F3N5O2/c1-17-8-21-15-39(38-28(21)9-18(17)2)16-30(40)37-27(20-10-22(32)13-23(33)11-20)14-29-24(4-3-7-36-29)19-5-6-26(34)25(12-19)31(35)41/h3-13,15,27H,14,16H2,1-2H3,(H2,35,41)(H,37,40). The van der Waals surface area contributed by atoms with E-state index in [0.29, 0.717) is 16.8 Å². The lowest BCUT2D eigenvalue weighted by molar-refractivity contribution is -0.122. The molecule has 3 aromatic carbocycles. The van der Waals surface area contributed by atoms with Crippen molar-refractivity contribution < 1.29 is 22.8 Å². The molecule has 0 aliphatic heterocycles. The molecule has 1 unspecified atom stereocenters. The van der Waals surface area contributed by atoms with Crippen LogP contribution in [0.25, 0.3) is 22.0 Å². The minimum atomic E-state index is -0.924. The van der Waals surface area contributed by atoms with E-state index >= 15 is 0 Å². The molecule has 5 rings (SSSR count). The van der Waals surface area contributed by atoms with Crippen molar-refractivity contribution in [2.24, 2.45) is 5.73 Å². The molecule has 0 saturated heterocycles. The van der Waals surface area contributed by atoms with Gasteiger partial charge in [0.25, 0.3) is 5.91 Å². The Morgan fingerprint density at radius 1 is 0.976 bits per heavy atom. The quantitative estimate of drug-likeness (QED) is 0.269. The van der Waals surface area contributed by atoms with Crippen molar-refractivity contribution in [3.63, 3.8) is 0 Å². The second-order valence-corrected chi connectivity index (χ2v) is 9.91. The summed E-state index contributed by atoms with van der Waals surface area (Å²) in [6, 6.07) is 13.4. The van der Waals surface area contributed by atoms with Crippen LogP contribution in [-0.4, -0.2) is 26.6 Å². The topological polar surface area (TPSA) is 103 Å². The van der Waals surface area contributed by atoms with Crippen molar-refractivity contribution in [2.75, 3.05) is 0 Å². The molecule has 0 bridgehead atoms. The van der Waals surface area contributed by atoms with Gasteiger partial charge in [-0.05, 0) is 78.6 Å². The van der Waals surface area contributed by atoms with Gasteiger partial charge in [0.2, 0.25) is 5.91 Å². The van der Waals surface area contributed by atoms with E-state index in [2.05, 4.69) is 15.4 Å². The number of hydrogen-bond donors (Lipinski definition) is 2. The van der Waals surface area contributed by atoms with Gasteiger partial charge in [-0.3, -0.25) is 19.3 Å². The molecule has 208 valence electrons. The molecule has 10 heteroatoms. The zero-order valence-electron chi connectivity index (χ0n) is 22.3. The average Bonchev–Trinajstić information content (AvgIpc) is 3.29. The van der Waals surface area contributed by atoms with Crippen LogP contribution < -0.4 is 11.1 Å². The maximum absolute atomic E-state index is 14.2. The molecule has 2 aromatic heterocycles. The van der Waals surface area contributed by atoms with Crippen LogP contribution in [0, 0.1) is 31.3 Å². The molecular weight excluding hydrogens is 531 g/mol. The van der Waals surface area contributed by atoms with Gasteiger partial charge in [-0.25, -0.2) is 13.2 Å². The number of primary amides is 1. The smallest absolute Gasteiger partial charge is 0.251 e. The number of halogens is 3. The Morgan fingerprint density at radius 2 is 1.71 bits per heavy atom. The second-order valence-electron chi connectivity index (χ2n) is 9.91. The number of pyridine rings is 1. The Labute approximate surface area is 233 Å². The van der Waals surface area contributed by atoms with Crippen LogP contribution >= 0.6 is 0 Å². The van der Waals surface area contributed by atoms with Crippen molar-refractivity contribution in [3.05, 3.63) is 118 Å². The number of fused-ring (bicyclic) bond motifs is 1. The third kappa shape index (κ3) is 6.11. The van der Waals surface area contributed by atoms with E-state index in [1.54, 1.807) is 18.3 Å². The molecule has 0 spiro atoms. The Kier molecular flexibility index (Phi) is 7.56. The van der Waals surface area contributed by atoms with Gasteiger partial charge in [-0.2, -0.15) is 5.10 Å². The molecule has 41 heavy (non-hydrogen) atoms. The average molecular weight is 558 g/mol. The van der Waals surface area contributed by atoms with Crippen molar-refractivity contribution in [1.29, 1.82) is 0 Å². The second kappa shape index (κ2) is 11.2. The molecule has 0 fully saturated rings.